The number of carbonyl (C=O) groups is 2. The van der Waals surface area contributed by atoms with Crippen molar-refractivity contribution >= 4 is 34.8 Å². The topological polar surface area (TPSA) is 103 Å². The second-order valence-electron chi connectivity index (χ2n) is 11.1. The van der Waals surface area contributed by atoms with Crippen molar-refractivity contribution in [3.8, 4) is 0 Å². The van der Waals surface area contributed by atoms with Gasteiger partial charge in [-0.15, -0.1) is 0 Å². The van der Waals surface area contributed by atoms with E-state index in [0.717, 1.165) is 47.7 Å². The molecule has 0 spiro atoms. The van der Waals surface area contributed by atoms with Crippen molar-refractivity contribution in [1.82, 2.24) is 10.3 Å². The zero-order chi connectivity index (χ0) is 26.0. The molecular weight excluding hydrogens is 464 g/mol. The molecule has 7 heteroatoms. The van der Waals surface area contributed by atoms with E-state index in [2.05, 4.69) is 34.8 Å². The highest BCUT2D eigenvalue weighted by atomic mass is 16.4. The molecule has 2 atom stereocenters. The Morgan fingerprint density at radius 3 is 2.03 bits per heavy atom. The lowest BCUT2D eigenvalue weighted by atomic mass is 9.62. The molecule has 0 radical (unpaired) electrons. The summed E-state index contributed by atoms with van der Waals surface area (Å²) < 4.78 is 0. The van der Waals surface area contributed by atoms with Crippen molar-refractivity contribution in [3.05, 3.63) is 78.0 Å². The monoisotopic (exact) mass is 498 g/mol. The van der Waals surface area contributed by atoms with Crippen molar-refractivity contribution in [2.24, 2.45) is 17.8 Å². The highest BCUT2D eigenvalue weighted by Crippen LogP contribution is 2.46. The number of fused-ring (bicyclic) bond motifs is 2. The second-order valence-corrected chi connectivity index (χ2v) is 11.1. The fourth-order valence-corrected chi connectivity index (χ4v) is 6.36. The summed E-state index contributed by atoms with van der Waals surface area (Å²) in [5.41, 5.74) is 3.13. The van der Waals surface area contributed by atoms with Gasteiger partial charge in [0, 0.05) is 34.4 Å². The molecule has 3 aromatic rings. The Morgan fingerprint density at radius 2 is 1.43 bits per heavy atom. The largest absolute Gasteiger partial charge is 0.478 e. The summed E-state index contributed by atoms with van der Waals surface area (Å²) in [6.45, 7) is 4.57. The molecule has 2 unspecified atom stereocenters. The molecule has 2 aliphatic rings. The summed E-state index contributed by atoms with van der Waals surface area (Å²) in [6, 6.07) is 18.1. The predicted octanol–water partition coefficient (Wildman–Crippen LogP) is 6.60. The number of amides is 1. The predicted molar refractivity (Wildman–Crippen MR) is 146 cm³/mol. The number of aromatic carboxylic acids is 1. The summed E-state index contributed by atoms with van der Waals surface area (Å²) in [5.74, 6) is 1.52. The van der Waals surface area contributed by atoms with E-state index in [0.29, 0.717) is 11.4 Å². The third kappa shape index (κ3) is 5.93. The van der Waals surface area contributed by atoms with Crippen LogP contribution in [-0.2, 0) is 0 Å². The third-order valence-electron chi connectivity index (χ3n) is 7.65. The maximum atomic E-state index is 13.0. The average Bonchev–Trinajstić information content (AvgIpc) is 2.84. The van der Waals surface area contributed by atoms with Gasteiger partial charge >= 0.3 is 5.97 Å². The summed E-state index contributed by atoms with van der Waals surface area (Å²) in [7, 11) is 0. The van der Waals surface area contributed by atoms with Gasteiger partial charge in [0.2, 0.25) is 0 Å². The Bertz CT molecular complexity index is 1250. The van der Waals surface area contributed by atoms with E-state index >= 15 is 0 Å². The van der Waals surface area contributed by atoms with E-state index in [4.69, 9.17) is 0 Å². The number of carbonyl (C=O) groups excluding carboxylic acids is 1. The minimum Gasteiger partial charge on any atom is -0.478 e. The first kappa shape index (κ1) is 24.8. The number of hydrogen-bond donors (Lipinski definition) is 4. The average molecular weight is 499 g/mol. The van der Waals surface area contributed by atoms with Gasteiger partial charge in [0.05, 0.1) is 0 Å². The number of carboxylic acid groups (broad SMARTS) is 1. The van der Waals surface area contributed by atoms with Crippen LogP contribution in [-0.4, -0.2) is 27.5 Å². The molecule has 2 fully saturated rings. The Hall–Kier alpha value is -3.87. The first-order valence-electron chi connectivity index (χ1n) is 13.0. The van der Waals surface area contributed by atoms with Crippen molar-refractivity contribution in [1.29, 1.82) is 0 Å². The van der Waals surface area contributed by atoms with Crippen LogP contribution >= 0.6 is 0 Å². The van der Waals surface area contributed by atoms with Gasteiger partial charge in [0.1, 0.15) is 11.4 Å². The fourth-order valence-electron chi connectivity index (χ4n) is 6.36. The Morgan fingerprint density at radius 1 is 0.865 bits per heavy atom. The molecule has 7 nitrogen and oxygen atoms in total. The first-order chi connectivity index (χ1) is 17.8. The molecule has 2 saturated carbocycles. The molecule has 2 bridgehead atoms. The van der Waals surface area contributed by atoms with E-state index in [1.165, 1.54) is 25.3 Å². The lowest BCUT2D eigenvalue weighted by Crippen LogP contribution is -2.52. The van der Waals surface area contributed by atoms with E-state index in [1.807, 2.05) is 48.5 Å². The SMILES string of the molecule is CC1CC2CC(C1)CC(C)(NC(=O)c1ccc(Nc3ccc(Nc4ncccc4C(=O)O)cc3)cc1)C2. The quantitative estimate of drug-likeness (QED) is 0.293. The molecule has 1 heterocycles. The number of aromatic nitrogens is 1. The molecule has 2 aliphatic carbocycles. The number of nitrogens with one attached hydrogen (secondary N) is 3. The number of benzene rings is 2. The summed E-state index contributed by atoms with van der Waals surface area (Å²) in [5, 5.41) is 19.1. The number of nitrogens with zero attached hydrogens (tertiary/aromatic N) is 1. The van der Waals surface area contributed by atoms with E-state index in [-0.39, 0.29) is 17.0 Å². The van der Waals surface area contributed by atoms with Gasteiger partial charge in [-0.2, -0.15) is 0 Å². The minimum atomic E-state index is -1.03. The number of rotatable bonds is 7. The number of hydrogen-bond acceptors (Lipinski definition) is 5. The molecule has 5 rings (SSSR count). The zero-order valence-electron chi connectivity index (χ0n) is 21.3. The number of pyridine rings is 1. The first-order valence-corrected chi connectivity index (χ1v) is 13.0. The van der Waals surface area contributed by atoms with Gasteiger partial charge in [-0.3, -0.25) is 4.79 Å². The van der Waals surface area contributed by atoms with Crippen molar-refractivity contribution in [2.45, 2.75) is 51.5 Å². The molecule has 2 aromatic carbocycles. The zero-order valence-corrected chi connectivity index (χ0v) is 21.3. The van der Waals surface area contributed by atoms with Crippen LogP contribution in [0.5, 0.6) is 0 Å². The fraction of sp³-hybridized carbons (Fsp3) is 0.367. The number of anilines is 4. The standard InChI is InChI=1S/C30H34N4O3/c1-19-14-20-16-21(15-19)18-30(2,17-20)34-28(35)22-5-7-23(8-6-22)32-24-9-11-25(12-10-24)33-27-26(29(36)37)4-3-13-31-27/h3-13,19-21,32H,14-18H2,1-2H3,(H,31,33)(H,34,35)(H,36,37). The van der Waals surface area contributed by atoms with Crippen LogP contribution in [0.15, 0.2) is 66.9 Å². The molecule has 1 aromatic heterocycles. The minimum absolute atomic E-state index is 0.00671. The van der Waals surface area contributed by atoms with Crippen molar-refractivity contribution in [3.63, 3.8) is 0 Å². The van der Waals surface area contributed by atoms with Gasteiger partial charge in [-0.25, -0.2) is 9.78 Å². The summed E-state index contributed by atoms with van der Waals surface area (Å²) in [6.07, 6.45) is 7.58. The highest BCUT2D eigenvalue weighted by molar-refractivity contribution is 5.95. The van der Waals surface area contributed by atoms with Gasteiger partial charge in [0.25, 0.3) is 5.91 Å². The van der Waals surface area contributed by atoms with Crippen LogP contribution in [0.3, 0.4) is 0 Å². The molecule has 0 saturated heterocycles. The molecule has 37 heavy (non-hydrogen) atoms. The number of carboxylic acids is 1. The van der Waals surface area contributed by atoms with Crippen LogP contribution in [0.25, 0.3) is 0 Å². The van der Waals surface area contributed by atoms with Crippen LogP contribution in [0, 0.1) is 17.8 Å². The Balaban J connectivity index is 1.18. The normalized spacial score (nSPS) is 24.6. The lowest BCUT2D eigenvalue weighted by Gasteiger charge is -2.47. The van der Waals surface area contributed by atoms with Crippen molar-refractivity contribution in [2.75, 3.05) is 10.6 Å². The van der Waals surface area contributed by atoms with Crippen LogP contribution in [0.1, 0.15) is 66.7 Å². The maximum absolute atomic E-state index is 13.0. The van der Waals surface area contributed by atoms with Gasteiger partial charge < -0.3 is 21.1 Å². The van der Waals surface area contributed by atoms with Gasteiger partial charge in [0.15, 0.2) is 0 Å². The highest BCUT2D eigenvalue weighted by Gasteiger charge is 2.41. The molecule has 0 aliphatic heterocycles. The summed E-state index contributed by atoms with van der Waals surface area (Å²) in [4.78, 5) is 28.6. The van der Waals surface area contributed by atoms with Gasteiger partial charge in [-0.05, 0) is 117 Å². The molecule has 1 amide bonds. The maximum Gasteiger partial charge on any atom is 0.339 e. The van der Waals surface area contributed by atoms with E-state index in [9.17, 15) is 14.7 Å². The van der Waals surface area contributed by atoms with E-state index in [1.54, 1.807) is 12.3 Å². The van der Waals surface area contributed by atoms with Gasteiger partial charge in [-0.1, -0.05) is 6.92 Å². The third-order valence-corrected chi connectivity index (χ3v) is 7.65. The lowest BCUT2D eigenvalue weighted by molar-refractivity contribution is 0.0614. The summed E-state index contributed by atoms with van der Waals surface area (Å²) >= 11 is 0. The smallest absolute Gasteiger partial charge is 0.339 e. The van der Waals surface area contributed by atoms with Crippen molar-refractivity contribution < 1.29 is 14.7 Å². The molecule has 4 N–H and O–H groups in total. The Kier molecular flexibility index (Phi) is 6.87. The van der Waals surface area contributed by atoms with Crippen LogP contribution in [0.2, 0.25) is 0 Å². The second kappa shape index (κ2) is 10.2. The van der Waals surface area contributed by atoms with Crippen LogP contribution < -0.4 is 16.0 Å². The molecular formula is C30H34N4O3. The Labute approximate surface area is 217 Å². The van der Waals surface area contributed by atoms with E-state index < -0.39 is 5.97 Å². The van der Waals surface area contributed by atoms with Crippen LogP contribution in [0.4, 0.5) is 22.9 Å². The molecule has 192 valence electrons.